The van der Waals surface area contributed by atoms with E-state index >= 15 is 0 Å². The Labute approximate surface area is 152 Å². The van der Waals surface area contributed by atoms with Gasteiger partial charge in [0.1, 0.15) is 0 Å². The molecule has 0 bridgehead atoms. The Morgan fingerprint density at radius 1 is 1.26 bits per heavy atom. The minimum Gasteiger partial charge on any atom is -0.466 e. The smallest absolute Gasteiger partial charge is 0.307 e. The van der Waals surface area contributed by atoms with Crippen molar-refractivity contribution in [3.05, 3.63) is 28.4 Å². The van der Waals surface area contributed by atoms with Gasteiger partial charge in [-0.25, -0.2) is 0 Å². The second-order valence-electron chi connectivity index (χ2n) is 3.56. The summed E-state index contributed by atoms with van der Waals surface area (Å²) in [6, 6.07) is 3.85. The lowest BCUT2D eigenvalue weighted by atomic mass is 10.2. The molecule has 0 radical (unpaired) electrons. The zero-order valence-electron chi connectivity index (χ0n) is 10.1. The quantitative estimate of drug-likeness (QED) is 0.322. The predicted octanol–water partition coefficient (Wildman–Crippen LogP) is 3.18. The molecule has 0 atom stereocenters. The fraction of sp³-hybridized carbons (Fsp3) is 0.333. The minimum absolute atomic E-state index is 0.162. The highest BCUT2D eigenvalue weighted by Gasteiger charge is 2.13. The molecule has 1 amide bonds. The monoisotopic (exact) mass is 599 g/mol. The summed E-state index contributed by atoms with van der Waals surface area (Å²) < 4.78 is 7.77. The molecule has 7 heteroatoms. The maximum atomic E-state index is 12.0. The first-order valence-electron chi connectivity index (χ1n) is 5.54. The zero-order valence-corrected chi connectivity index (χ0v) is 16.6. The van der Waals surface area contributed by atoms with E-state index in [4.69, 9.17) is 4.74 Å². The number of rotatable bonds is 5. The zero-order chi connectivity index (χ0) is 14.4. The van der Waals surface area contributed by atoms with E-state index < -0.39 is 0 Å². The molecule has 4 nitrogen and oxygen atoms in total. The van der Waals surface area contributed by atoms with Crippen LogP contribution in [0.25, 0.3) is 0 Å². The topological polar surface area (TPSA) is 55.4 Å². The molecule has 104 valence electrons. The van der Waals surface area contributed by atoms with E-state index in [1.807, 2.05) is 12.1 Å². The molecule has 0 spiro atoms. The number of halogens is 3. The maximum Gasteiger partial charge on any atom is 0.307 e. The second kappa shape index (κ2) is 8.60. The van der Waals surface area contributed by atoms with Gasteiger partial charge in [0.25, 0.3) is 5.91 Å². The van der Waals surface area contributed by atoms with Gasteiger partial charge in [0.05, 0.1) is 18.6 Å². The largest absolute Gasteiger partial charge is 0.466 e. The molecular formula is C12H12I3NO3. The Balaban J connectivity index is 2.62. The lowest BCUT2D eigenvalue weighted by Crippen LogP contribution is -2.27. The summed E-state index contributed by atoms with van der Waals surface area (Å²) in [5.41, 5.74) is 0.640. The Morgan fingerprint density at radius 3 is 2.58 bits per heavy atom. The first kappa shape index (κ1) is 17.4. The van der Waals surface area contributed by atoms with Crippen molar-refractivity contribution in [3.63, 3.8) is 0 Å². The van der Waals surface area contributed by atoms with Gasteiger partial charge in [0.15, 0.2) is 0 Å². The summed E-state index contributed by atoms with van der Waals surface area (Å²) in [6.07, 6.45) is 0.192. The third-order valence-corrected chi connectivity index (χ3v) is 5.83. The third kappa shape index (κ3) is 5.69. The van der Waals surface area contributed by atoms with Crippen LogP contribution in [0.2, 0.25) is 0 Å². The van der Waals surface area contributed by atoms with Gasteiger partial charge >= 0.3 is 5.97 Å². The lowest BCUT2D eigenvalue weighted by molar-refractivity contribution is -0.142. The number of carbonyl (C=O) groups excluding carboxylic acids is 2. The summed E-state index contributed by atoms with van der Waals surface area (Å²) in [4.78, 5) is 23.2. The van der Waals surface area contributed by atoms with E-state index in [9.17, 15) is 9.59 Å². The van der Waals surface area contributed by atoms with E-state index in [-0.39, 0.29) is 24.8 Å². The second-order valence-corrected chi connectivity index (χ2v) is 7.05. The Kier molecular flexibility index (Phi) is 7.87. The van der Waals surface area contributed by atoms with E-state index in [2.05, 4.69) is 73.1 Å². The molecule has 1 aromatic rings. The van der Waals surface area contributed by atoms with Crippen LogP contribution in [0.4, 0.5) is 0 Å². The number of benzene rings is 1. The van der Waals surface area contributed by atoms with Crippen molar-refractivity contribution in [2.45, 2.75) is 13.3 Å². The normalized spacial score (nSPS) is 10.1. The Morgan fingerprint density at radius 2 is 1.95 bits per heavy atom. The van der Waals surface area contributed by atoms with Crippen LogP contribution < -0.4 is 5.32 Å². The van der Waals surface area contributed by atoms with Crippen LogP contribution in [-0.4, -0.2) is 25.0 Å². The van der Waals surface area contributed by atoms with Crippen LogP contribution in [0.1, 0.15) is 23.7 Å². The average molecular weight is 599 g/mol. The molecule has 19 heavy (non-hydrogen) atoms. The number of nitrogens with one attached hydrogen (secondary N) is 1. The summed E-state index contributed by atoms with van der Waals surface area (Å²) in [5, 5.41) is 2.73. The van der Waals surface area contributed by atoms with Crippen molar-refractivity contribution in [2.75, 3.05) is 13.2 Å². The average Bonchev–Trinajstić information content (AvgIpc) is 2.33. The first-order valence-corrected chi connectivity index (χ1v) is 8.77. The van der Waals surface area contributed by atoms with Crippen LogP contribution >= 0.6 is 67.8 Å². The third-order valence-electron chi connectivity index (χ3n) is 2.16. The fourth-order valence-electron chi connectivity index (χ4n) is 1.33. The summed E-state index contributed by atoms with van der Waals surface area (Å²) in [7, 11) is 0. The van der Waals surface area contributed by atoms with Crippen LogP contribution in [0.3, 0.4) is 0 Å². The van der Waals surface area contributed by atoms with Crippen molar-refractivity contribution in [3.8, 4) is 0 Å². The van der Waals surface area contributed by atoms with Crippen molar-refractivity contribution in [1.82, 2.24) is 5.32 Å². The van der Waals surface area contributed by atoms with Gasteiger partial charge < -0.3 is 10.1 Å². The molecule has 0 aliphatic carbocycles. The Hall–Kier alpha value is 0.350. The maximum absolute atomic E-state index is 12.0. The molecule has 0 aliphatic heterocycles. The van der Waals surface area contributed by atoms with Crippen molar-refractivity contribution < 1.29 is 14.3 Å². The van der Waals surface area contributed by atoms with Gasteiger partial charge in [-0.15, -0.1) is 0 Å². The van der Waals surface area contributed by atoms with E-state index in [0.29, 0.717) is 12.2 Å². The highest BCUT2D eigenvalue weighted by atomic mass is 127. The van der Waals surface area contributed by atoms with Crippen LogP contribution in [-0.2, 0) is 9.53 Å². The molecule has 0 unspecified atom stereocenters. The highest BCUT2D eigenvalue weighted by Crippen LogP contribution is 2.22. The molecule has 1 aromatic carbocycles. The number of hydrogen-bond donors (Lipinski definition) is 1. The SMILES string of the molecule is CCOC(=O)CCNC(=O)c1cc(I)cc(I)c1I. The number of esters is 1. The van der Waals surface area contributed by atoms with E-state index in [1.165, 1.54) is 0 Å². The summed E-state index contributed by atoms with van der Waals surface area (Å²) in [5.74, 6) is -0.458. The molecule has 0 fully saturated rings. The molecule has 0 saturated carbocycles. The van der Waals surface area contributed by atoms with Crippen LogP contribution in [0.5, 0.6) is 0 Å². The molecule has 0 aliphatic rings. The molecule has 1 rings (SSSR count). The van der Waals surface area contributed by atoms with Gasteiger partial charge in [-0.3, -0.25) is 9.59 Å². The molecule has 0 aromatic heterocycles. The van der Waals surface area contributed by atoms with Gasteiger partial charge in [-0.1, -0.05) is 0 Å². The first-order chi connectivity index (χ1) is 8.95. The highest BCUT2D eigenvalue weighted by molar-refractivity contribution is 14.1. The van der Waals surface area contributed by atoms with Crippen LogP contribution in [0, 0.1) is 10.7 Å². The lowest BCUT2D eigenvalue weighted by Gasteiger charge is -2.08. The Bertz CT molecular complexity index is 491. The van der Waals surface area contributed by atoms with Crippen molar-refractivity contribution in [2.24, 2.45) is 0 Å². The summed E-state index contributed by atoms with van der Waals surface area (Å²) in [6.45, 7) is 2.40. The molecule has 1 N–H and O–H groups in total. The van der Waals surface area contributed by atoms with Gasteiger partial charge in [0.2, 0.25) is 0 Å². The number of carbonyl (C=O) groups is 2. The number of ether oxygens (including phenoxy) is 1. The molecule has 0 saturated heterocycles. The van der Waals surface area contributed by atoms with E-state index in [1.54, 1.807) is 6.92 Å². The van der Waals surface area contributed by atoms with Gasteiger partial charge in [0, 0.05) is 17.3 Å². The van der Waals surface area contributed by atoms with Crippen molar-refractivity contribution in [1.29, 1.82) is 0 Å². The number of hydrogen-bond acceptors (Lipinski definition) is 3. The molecule has 0 heterocycles. The minimum atomic E-state index is -0.297. The predicted molar refractivity (Wildman–Crippen MR) is 98.2 cm³/mol. The molecular weight excluding hydrogens is 587 g/mol. The van der Waals surface area contributed by atoms with E-state index in [0.717, 1.165) is 10.7 Å². The van der Waals surface area contributed by atoms with Gasteiger partial charge in [-0.05, 0) is 86.8 Å². The summed E-state index contributed by atoms with van der Waals surface area (Å²) >= 11 is 6.53. The number of amides is 1. The standard InChI is InChI=1S/C12H12I3NO3/c1-2-19-10(17)3-4-16-12(18)8-5-7(13)6-9(14)11(8)15/h5-6H,2-4H2,1H3,(H,16,18). The fourth-order valence-corrected chi connectivity index (χ4v) is 3.73. The van der Waals surface area contributed by atoms with Crippen molar-refractivity contribution >= 4 is 79.6 Å². The van der Waals surface area contributed by atoms with Gasteiger partial charge in [-0.2, -0.15) is 0 Å². The van der Waals surface area contributed by atoms with Crippen LogP contribution in [0.15, 0.2) is 12.1 Å².